The van der Waals surface area contributed by atoms with Crippen LogP contribution in [0.25, 0.3) is 109 Å². The van der Waals surface area contributed by atoms with Gasteiger partial charge in [-0.15, -0.1) is 11.3 Å². The summed E-state index contributed by atoms with van der Waals surface area (Å²) in [6.45, 7) is 0. The molecule has 0 aliphatic heterocycles. The Morgan fingerprint density at radius 3 is 1.72 bits per heavy atom. The summed E-state index contributed by atoms with van der Waals surface area (Å²) in [5.41, 5.74) is 9.77. The number of rotatable bonds is 5. The molecule has 53 heavy (non-hydrogen) atoms. The van der Waals surface area contributed by atoms with Gasteiger partial charge in [-0.2, -0.15) is 0 Å². The molecule has 0 saturated carbocycles. The number of hydrogen-bond donors (Lipinski definition) is 0. The van der Waals surface area contributed by atoms with Crippen LogP contribution in [0.1, 0.15) is 0 Å². The first-order chi connectivity index (χ1) is 26.3. The lowest BCUT2D eigenvalue weighted by atomic mass is 9.88. The summed E-state index contributed by atoms with van der Waals surface area (Å²) < 4.78 is 2.52. The van der Waals surface area contributed by atoms with Gasteiger partial charge >= 0.3 is 0 Å². The molecule has 11 rings (SSSR count). The van der Waals surface area contributed by atoms with Crippen LogP contribution < -0.4 is 0 Å². The van der Waals surface area contributed by atoms with Crippen LogP contribution in [0.2, 0.25) is 0 Å². The summed E-state index contributed by atoms with van der Waals surface area (Å²) in [7, 11) is 0. The molecule has 0 aliphatic rings. The lowest BCUT2D eigenvalue weighted by Crippen LogP contribution is -1.97. The molecule has 0 radical (unpaired) electrons. The zero-order valence-electron chi connectivity index (χ0n) is 28.6. The van der Waals surface area contributed by atoms with Crippen molar-refractivity contribution in [2.75, 3.05) is 0 Å². The molecule has 11 aromatic rings. The first-order valence-electron chi connectivity index (χ1n) is 18.0. The van der Waals surface area contributed by atoms with Crippen molar-refractivity contribution in [1.82, 2.24) is 9.97 Å². The summed E-state index contributed by atoms with van der Waals surface area (Å²) in [6.07, 6.45) is 0. The molecular formula is C50H30N2S. The van der Waals surface area contributed by atoms with E-state index < -0.39 is 0 Å². The van der Waals surface area contributed by atoms with Crippen LogP contribution in [0.5, 0.6) is 0 Å². The third-order valence-electron chi connectivity index (χ3n) is 10.7. The van der Waals surface area contributed by atoms with Crippen LogP contribution >= 0.6 is 11.3 Å². The van der Waals surface area contributed by atoms with E-state index in [4.69, 9.17) is 9.97 Å². The van der Waals surface area contributed by atoms with Crippen LogP contribution in [0.3, 0.4) is 0 Å². The number of aromatic nitrogens is 2. The molecule has 3 heteroatoms. The second kappa shape index (κ2) is 11.9. The fourth-order valence-corrected chi connectivity index (χ4v) is 9.30. The van der Waals surface area contributed by atoms with E-state index in [-0.39, 0.29) is 0 Å². The number of hydrogen-bond acceptors (Lipinski definition) is 3. The Morgan fingerprint density at radius 1 is 0.340 bits per heavy atom. The molecule has 0 atom stereocenters. The SMILES string of the molecule is c1ccc(-c2cc(-c3c(-c4ccc(-c5ccc6ccc7cccc8ccc5c6c78)cc4)ccc4sc5ccccc5c34)nc(-c3ccccc3)n2)cc1. The highest BCUT2D eigenvalue weighted by molar-refractivity contribution is 7.26. The topological polar surface area (TPSA) is 25.8 Å². The fraction of sp³-hybridized carbons (Fsp3) is 0. The Hall–Kier alpha value is -6.68. The average Bonchev–Trinajstić information content (AvgIpc) is 3.62. The van der Waals surface area contributed by atoms with E-state index in [2.05, 4.69) is 170 Å². The number of nitrogens with zero attached hydrogens (tertiary/aromatic N) is 2. The Balaban J connectivity index is 1.13. The van der Waals surface area contributed by atoms with Crippen LogP contribution in [0.15, 0.2) is 182 Å². The van der Waals surface area contributed by atoms with Gasteiger partial charge in [0.2, 0.25) is 0 Å². The van der Waals surface area contributed by atoms with Gasteiger partial charge in [0.25, 0.3) is 0 Å². The Morgan fingerprint density at radius 2 is 0.943 bits per heavy atom. The van der Waals surface area contributed by atoms with Gasteiger partial charge in [-0.05, 0) is 72.8 Å². The van der Waals surface area contributed by atoms with Gasteiger partial charge in [-0.25, -0.2) is 9.97 Å². The van der Waals surface area contributed by atoms with Crippen molar-refractivity contribution in [3.63, 3.8) is 0 Å². The molecule has 0 saturated heterocycles. The molecule has 2 nitrogen and oxygen atoms in total. The van der Waals surface area contributed by atoms with Crippen molar-refractivity contribution < 1.29 is 0 Å². The monoisotopic (exact) mass is 690 g/mol. The van der Waals surface area contributed by atoms with Crippen LogP contribution in [-0.4, -0.2) is 9.97 Å². The smallest absolute Gasteiger partial charge is 0.160 e. The third-order valence-corrected chi connectivity index (χ3v) is 11.8. The van der Waals surface area contributed by atoms with E-state index in [9.17, 15) is 0 Å². The van der Waals surface area contributed by atoms with Crippen molar-refractivity contribution in [3.8, 4) is 56.2 Å². The minimum Gasteiger partial charge on any atom is -0.228 e. The van der Waals surface area contributed by atoms with Gasteiger partial charge in [-0.1, -0.05) is 164 Å². The predicted octanol–water partition coefficient (Wildman–Crippen LogP) is 14.1. The summed E-state index contributed by atoms with van der Waals surface area (Å²) in [6, 6.07) is 65.6. The quantitative estimate of drug-likeness (QED) is 0.168. The summed E-state index contributed by atoms with van der Waals surface area (Å²) in [5, 5.41) is 10.3. The molecule has 0 N–H and O–H groups in total. The maximum absolute atomic E-state index is 5.36. The average molecular weight is 691 g/mol. The molecule has 0 fully saturated rings. The van der Waals surface area contributed by atoms with Gasteiger partial charge in [0.05, 0.1) is 11.4 Å². The van der Waals surface area contributed by atoms with E-state index in [0.717, 1.165) is 39.2 Å². The Labute approximate surface area is 310 Å². The second-order valence-corrected chi connectivity index (χ2v) is 14.8. The summed E-state index contributed by atoms with van der Waals surface area (Å²) >= 11 is 1.84. The molecule has 0 bridgehead atoms. The lowest BCUT2D eigenvalue weighted by Gasteiger charge is -2.16. The minimum absolute atomic E-state index is 0.716. The number of benzene rings is 9. The highest BCUT2D eigenvalue weighted by Crippen LogP contribution is 2.46. The molecule has 246 valence electrons. The van der Waals surface area contributed by atoms with E-state index >= 15 is 0 Å². The first-order valence-corrected chi connectivity index (χ1v) is 18.8. The van der Waals surface area contributed by atoms with Crippen LogP contribution in [0, 0.1) is 0 Å². The molecule has 0 aliphatic carbocycles. The molecule has 9 aromatic carbocycles. The largest absolute Gasteiger partial charge is 0.228 e. The zero-order valence-corrected chi connectivity index (χ0v) is 29.4. The van der Waals surface area contributed by atoms with Gasteiger partial charge in [0.15, 0.2) is 5.82 Å². The van der Waals surface area contributed by atoms with Crippen molar-refractivity contribution in [2.45, 2.75) is 0 Å². The summed E-state index contributed by atoms with van der Waals surface area (Å²) in [5.74, 6) is 0.716. The van der Waals surface area contributed by atoms with Crippen molar-refractivity contribution in [3.05, 3.63) is 182 Å². The van der Waals surface area contributed by atoms with Crippen molar-refractivity contribution in [2.24, 2.45) is 0 Å². The van der Waals surface area contributed by atoms with Gasteiger partial charge < -0.3 is 0 Å². The van der Waals surface area contributed by atoms with Crippen molar-refractivity contribution >= 4 is 63.8 Å². The Bertz CT molecular complexity index is 3070. The standard InChI is InChI=1S/C50H30N2S/c1-3-10-33(11-4-1)42-30-43(52-50(51-42)37-12-5-2-6-13-37)48-39(28-29-45-49(48)41-16-7-8-17-44(41)53-45)32-20-18-31(19-21-32)38-26-24-36-23-22-34-14-9-15-35-25-27-40(38)47(36)46(34)35/h1-30H. The number of thiophene rings is 1. The highest BCUT2D eigenvalue weighted by Gasteiger charge is 2.20. The summed E-state index contributed by atoms with van der Waals surface area (Å²) in [4.78, 5) is 10.5. The normalized spacial score (nSPS) is 11.8. The predicted molar refractivity (Wildman–Crippen MR) is 226 cm³/mol. The highest BCUT2D eigenvalue weighted by atomic mass is 32.1. The maximum atomic E-state index is 5.36. The maximum Gasteiger partial charge on any atom is 0.160 e. The van der Waals surface area contributed by atoms with Crippen LogP contribution in [0.4, 0.5) is 0 Å². The van der Waals surface area contributed by atoms with E-state index in [1.54, 1.807) is 0 Å². The lowest BCUT2D eigenvalue weighted by molar-refractivity contribution is 1.19. The molecule has 0 spiro atoms. The van der Waals surface area contributed by atoms with E-state index in [0.29, 0.717) is 5.82 Å². The number of fused-ring (bicyclic) bond motifs is 3. The van der Waals surface area contributed by atoms with Crippen LogP contribution in [-0.2, 0) is 0 Å². The van der Waals surface area contributed by atoms with Crippen molar-refractivity contribution in [1.29, 1.82) is 0 Å². The Kier molecular flexibility index (Phi) is 6.76. The van der Waals surface area contributed by atoms with Gasteiger partial charge in [0, 0.05) is 36.9 Å². The molecule has 2 aromatic heterocycles. The zero-order chi connectivity index (χ0) is 34.9. The van der Waals surface area contributed by atoms with E-state index in [1.807, 2.05) is 23.5 Å². The molecule has 0 unspecified atom stereocenters. The minimum atomic E-state index is 0.716. The third kappa shape index (κ3) is 4.86. The van der Waals surface area contributed by atoms with E-state index in [1.165, 1.54) is 63.6 Å². The fourth-order valence-electron chi connectivity index (χ4n) is 8.19. The molecule has 2 heterocycles. The van der Waals surface area contributed by atoms with Gasteiger partial charge in [-0.3, -0.25) is 0 Å². The van der Waals surface area contributed by atoms with Gasteiger partial charge in [0.1, 0.15) is 0 Å². The first kappa shape index (κ1) is 30.0. The molecular weight excluding hydrogens is 661 g/mol. The molecule has 0 amide bonds. The second-order valence-electron chi connectivity index (χ2n) is 13.7.